The van der Waals surface area contributed by atoms with Gasteiger partial charge in [-0.2, -0.15) is 0 Å². The van der Waals surface area contributed by atoms with Crippen molar-refractivity contribution in [3.05, 3.63) is 11.9 Å². The molecule has 0 spiro atoms. The molecule has 14 heavy (non-hydrogen) atoms. The van der Waals surface area contributed by atoms with Crippen molar-refractivity contribution in [2.45, 2.75) is 20.0 Å². The molecule has 0 amide bonds. The topological polar surface area (TPSA) is 83.0 Å². The van der Waals surface area contributed by atoms with Gasteiger partial charge in [0.2, 0.25) is 0 Å². The predicted octanol–water partition coefficient (Wildman–Crippen LogP) is -0.278. The maximum atomic E-state index is 11.0. The lowest BCUT2D eigenvalue weighted by molar-refractivity contribution is -0.144. The van der Waals surface area contributed by atoms with Crippen LogP contribution in [0.25, 0.3) is 0 Å². The molecule has 80 valence electrons. The summed E-state index contributed by atoms with van der Waals surface area (Å²) in [4.78, 5) is 11.0. The summed E-state index contributed by atoms with van der Waals surface area (Å²) in [6.07, 6.45) is 1.62. The molecule has 0 aliphatic heterocycles. The average molecular weight is 221 g/mol. The smallest absolute Gasteiger partial charge is 0.327 e. The third-order valence-corrected chi connectivity index (χ3v) is 1.39. The number of carbonyl (C=O) groups excluding carboxylic acids is 1. The van der Waals surface area contributed by atoms with E-state index in [1.165, 1.54) is 4.68 Å². The minimum atomic E-state index is -0.323. The highest BCUT2D eigenvalue weighted by Gasteiger charge is 2.04. The van der Waals surface area contributed by atoms with Crippen LogP contribution in [0.5, 0.6) is 0 Å². The summed E-state index contributed by atoms with van der Waals surface area (Å²) in [6, 6.07) is 0. The van der Waals surface area contributed by atoms with Gasteiger partial charge in [-0.15, -0.1) is 17.5 Å². The van der Waals surface area contributed by atoms with Crippen LogP contribution in [0.3, 0.4) is 0 Å². The average Bonchev–Trinajstić information content (AvgIpc) is 2.52. The Kier molecular flexibility index (Phi) is 5.82. The number of rotatable bonds is 4. The number of halogens is 1. The molecule has 6 nitrogen and oxygen atoms in total. The number of nitrogens with two attached hydrogens (primary N) is 1. The van der Waals surface area contributed by atoms with E-state index >= 15 is 0 Å². The zero-order valence-electron chi connectivity index (χ0n) is 7.84. The summed E-state index contributed by atoms with van der Waals surface area (Å²) in [6.45, 7) is 2.53. The summed E-state index contributed by atoms with van der Waals surface area (Å²) < 4.78 is 6.13. The normalized spacial score (nSPS) is 9.29. The van der Waals surface area contributed by atoms with E-state index in [1.54, 1.807) is 13.1 Å². The van der Waals surface area contributed by atoms with Crippen LogP contribution >= 0.6 is 12.4 Å². The maximum Gasteiger partial charge on any atom is 0.327 e. The van der Waals surface area contributed by atoms with E-state index in [-0.39, 0.29) is 24.9 Å². The van der Waals surface area contributed by atoms with Gasteiger partial charge in [-0.3, -0.25) is 4.79 Å². The summed E-state index contributed by atoms with van der Waals surface area (Å²) in [7, 11) is 0. The fourth-order valence-corrected chi connectivity index (χ4v) is 0.848. The molecule has 0 aromatic carbocycles. The van der Waals surface area contributed by atoms with Gasteiger partial charge in [-0.25, -0.2) is 4.68 Å². The molecule has 1 aromatic rings. The molecular weight excluding hydrogens is 208 g/mol. The van der Waals surface area contributed by atoms with Crippen molar-refractivity contribution < 1.29 is 9.53 Å². The molecule has 0 radical (unpaired) electrons. The highest BCUT2D eigenvalue weighted by Crippen LogP contribution is 1.91. The molecule has 0 bridgehead atoms. The van der Waals surface area contributed by atoms with Crippen LogP contribution in [-0.2, 0) is 22.6 Å². The van der Waals surface area contributed by atoms with Crippen molar-refractivity contribution in [2.24, 2.45) is 5.73 Å². The van der Waals surface area contributed by atoms with Crippen molar-refractivity contribution in [1.82, 2.24) is 15.0 Å². The van der Waals surface area contributed by atoms with Gasteiger partial charge in [0.1, 0.15) is 6.54 Å². The Morgan fingerprint density at radius 3 is 2.93 bits per heavy atom. The minimum absolute atomic E-state index is 0. The lowest BCUT2D eigenvalue weighted by Crippen LogP contribution is -2.13. The van der Waals surface area contributed by atoms with Crippen LogP contribution in [-0.4, -0.2) is 27.6 Å². The lowest BCUT2D eigenvalue weighted by Gasteiger charge is -1.99. The van der Waals surface area contributed by atoms with Gasteiger partial charge in [0.05, 0.1) is 18.5 Å². The van der Waals surface area contributed by atoms with E-state index in [0.29, 0.717) is 18.8 Å². The highest BCUT2D eigenvalue weighted by atomic mass is 35.5. The zero-order valence-corrected chi connectivity index (χ0v) is 8.66. The number of nitrogens with zero attached hydrogens (tertiary/aromatic N) is 3. The first-order chi connectivity index (χ1) is 6.26. The molecule has 0 saturated carbocycles. The quantitative estimate of drug-likeness (QED) is 0.706. The number of hydrogen-bond acceptors (Lipinski definition) is 5. The molecule has 0 atom stereocenters. The first kappa shape index (κ1) is 12.9. The number of carbonyl (C=O) groups is 1. The highest BCUT2D eigenvalue weighted by molar-refractivity contribution is 5.85. The summed E-state index contributed by atoms with van der Waals surface area (Å²) in [5.74, 6) is -0.323. The third-order valence-electron chi connectivity index (χ3n) is 1.39. The van der Waals surface area contributed by atoms with E-state index in [9.17, 15) is 4.79 Å². The van der Waals surface area contributed by atoms with Crippen LogP contribution in [0.4, 0.5) is 0 Å². The van der Waals surface area contributed by atoms with Gasteiger partial charge in [0, 0.05) is 6.54 Å². The zero-order chi connectivity index (χ0) is 9.68. The van der Waals surface area contributed by atoms with Crippen LogP contribution < -0.4 is 5.73 Å². The molecule has 0 unspecified atom stereocenters. The predicted molar refractivity (Wildman–Crippen MR) is 51.8 cm³/mol. The number of hydrogen-bond donors (Lipinski definition) is 1. The van der Waals surface area contributed by atoms with Crippen LogP contribution in [0.1, 0.15) is 12.6 Å². The standard InChI is InChI=1S/C7H12N4O2.ClH/c1-2-13-7(12)5-11-4-6(3-8)9-10-11;/h4H,2-3,5,8H2,1H3;1H. The molecule has 0 aliphatic rings. The van der Waals surface area contributed by atoms with Gasteiger partial charge in [0.15, 0.2) is 0 Å². The molecule has 0 saturated heterocycles. The van der Waals surface area contributed by atoms with Gasteiger partial charge >= 0.3 is 5.97 Å². The second-order valence-corrected chi connectivity index (χ2v) is 2.42. The Labute approximate surface area is 87.8 Å². The largest absolute Gasteiger partial charge is 0.465 e. The Balaban J connectivity index is 0.00000169. The van der Waals surface area contributed by atoms with Crippen molar-refractivity contribution in [3.8, 4) is 0 Å². The van der Waals surface area contributed by atoms with Crippen molar-refractivity contribution >= 4 is 18.4 Å². The SMILES string of the molecule is CCOC(=O)Cn1cc(CN)nn1.Cl. The minimum Gasteiger partial charge on any atom is -0.465 e. The Hall–Kier alpha value is -1.14. The van der Waals surface area contributed by atoms with Crippen molar-refractivity contribution in [1.29, 1.82) is 0 Å². The monoisotopic (exact) mass is 220 g/mol. The van der Waals surface area contributed by atoms with Gasteiger partial charge < -0.3 is 10.5 Å². The first-order valence-corrected chi connectivity index (χ1v) is 4.01. The van der Waals surface area contributed by atoms with E-state index in [0.717, 1.165) is 0 Å². The molecule has 7 heteroatoms. The first-order valence-electron chi connectivity index (χ1n) is 4.01. The molecule has 1 aromatic heterocycles. The molecular formula is C7H13ClN4O2. The number of ether oxygens (including phenoxy) is 1. The van der Waals surface area contributed by atoms with Gasteiger partial charge in [-0.1, -0.05) is 5.21 Å². The summed E-state index contributed by atoms with van der Waals surface area (Å²) in [5, 5.41) is 7.42. The maximum absolute atomic E-state index is 11.0. The Morgan fingerprint density at radius 2 is 2.43 bits per heavy atom. The Bertz CT molecular complexity index is 289. The molecule has 0 fully saturated rings. The van der Waals surface area contributed by atoms with Crippen LogP contribution in [0.15, 0.2) is 6.20 Å². The Morgan fingerprint density at radius 1 is 1.71 bits per heavy atom. The second kappa shape index (κ2) is 6.33. The second-order valence-electron chi connectivity index (χ2n) is 2.42. The molecule has 1 rings (SSSR count). The third kappa shape index (κ3) is 3.71. The fourth-order valence-electron chi connectivity index (χ4n) is 0.848. The van der Waals surface area contributed by atoms with E-state index in [1.807, 2.05) is 0 Å². The van der Waals surface area contributed by atoms with Crippen LogP contribution in [0.2, 0.25) is 0 Å². The molecule has 1 heterocycles. The molecule has 0 aliphatic carbocycles. The van der Waals surface area contributed by atoms with Crippen molar-refractivity contribution in [2.75, 3.05) is 6.61 Å². The summed E-state index contributed by atoms with van der Waals surface area (Å²) in [5.41, 5.74) is 5.98. The van der Waals surface area contributed by atoms with Crippen molar-refractivity contribution in [3.63, 3.8) is 0 Å². The van der Waals surface area contributed by atoms with Crippen LogP contribution in [0, 0.1) is 0 Å². The van der Waals surface area contributed by atoms with E-state index < -0.39 is 0 Å². The number of esters is 1. The lowest BCUT2D eigenvalue weighted by atomic mass is 10.5. The van der Waals surface area contributed by atoms with Gasteiger partial charge in [-0.05, 0) is 6.92 Å². The van der Waals surface area contributed by atoms with E-state index in [4.69, 9.17) is 10.5 Å². The number of aromatic nitrogens is 3. The molecule has 2 N–H and O–H groups in total. The fraction of sp³-hybridized carbons (Fsp3) is 0.571. The van der Waals surface area contributed by atoms with E-state index in [2.05, 4.69) is 10.3 Å². The van der Waals surface area contributed by atoms with Gasteiger partial charge in [0.25, 0.3) is 0 Å². The summed E-state index contributed by atoms with van der Waals surface area (Å²) >= 11 is 0.